The monoisotopic (exact) mass is 556 g/mol. The van der Waals surface area contributed by atoms with Gasteiger partial charge in [-0.3, -0.25) is 19.7 Å². The molecule has 0 fully saturated rings. The molecular formula is C30H26Cl2N6O. The second kappa shape index (κ2) is 11.1. The number of amides is 1. The van der Waals surface area contributed by atoms with Crippen LogP contribution in [0.25, 0.3) is 11.0 Å². The molecule has 6 rings (SSSR count). The molecule has 7 nitrogen and oxygen atoms in total. The lowest BCUT2D eigenvalue weighted by atomic mass is 9.90. The number of aromatic nitrogens is 4. The van der Waals surface area contributed by atoms with Crippen LogP contribution in [0.3, 0.4) is 0 Å². The van der Waals surface area contributed by atoms with E-state index >= 15 is 0 Å². The smallest absolute Gasteiger partial charge is 0.258 e. The largest absolute Gasteiger partial charge is 0.341 e. The van der Waals surface area contributed by atoms with Crippen molar-refractivity contribution < 1.29 is 4.79 Å². The van der Waals surface area contributed by atoms with Crippen molar-refractivity contribution in [2.75, 3.05) is 5.32 Å². The zero-order valence-corrected chi connectivity index (χ0v) is 22.6. The van der Waals surface area contributed by atoms with Crippen molar-refractivity contribution in [1.82, 2.24) is 24.8 Å². The van der Waals surface area contributed by atoms with Gasteiger partial charge in [-0.1, -0.05) is 53.5 Å². The number of imidazole rings is 1. The molecule has 1 amide bonds. The normalized spacial score (nSPS) is 14.9. The van der Waals surface area contributed by atoms with Crippen molar-refractivity contribution in [1.29, 1.82) is 0 Å². The first-order valence-electron chi connectivity index (χ1n) is 12.9. The van der Waals surface area contributed by atoms with E-state index in [1.54, 1.807) is 0 Å². The summed E-state index contributed by atoms with van der Waals surface area (Å²) in [6, 6.07) is 20.3. The van der Waals surface area contributed by atoms with Gasteiger partial charge in [0.15, 0.2) is 0 Å². The van der Waals surface area contributed by atoms with Crippen LogP contribution in [0.5, 0.6) is 0 Å². The van der Waals surface area contributed by atoms with E-state index in [1.807, 2.05) is 60.8 Å². The van der Waals surface area contributed by atoms with Crippen LogP contribution in [0, 0.1) is 0 Å². The molecule has 0 bridgehead atoms. The Morgan fingerprint density at radius 2 is 1.79 bits per heavy atom. The Morgan fingerprint density at radius 1 is 1.00 bits per heavy atom. The van der Waals surface area contributed by atoms with Gasteiger partial charge < -0.3 is 10.3 Å². The second-order valence-corrected chi connectivity index (χ2v) is 10.5. The van der Waals surface area contributed by atoms with Gasteiger partial charge in [0.2, 0.25) is 0 Å². The Bertz CT molecular complexity index is 1580. The van der Waals surface area contributed by atoms with E-state index in [4.69, 9.17) is 33.2 Å². The standard InChI is InChI=1S/C30H26Cl2N6O/c31-22-15-33-16-23(32)28(22)30(39)35-21-12-10-19(11-13-21)17-38(18-27-36-24-7-1-2-8-25(24)37-27)26-9-3-5-20-6-4-14-34-29(20)26/h1-2,4,6-8,10-16,26H,3,5,9,17-18H2,(H,35,39)(H,36,37). The van der Waals surface area contributed by atoms with E-state index in [9.17, 15) is 4.79 Å². The van der Waals surface area contributed by atoms with Crippen molar-refractivity contribution in [3.8, 4) is 0 Å². The van der Waals surface area contributed by atoms with E-state index in [0.717, 1.165) is 47.4 Å². The first-order valence-corrected chi connectivity index (χ1v) is 13.6. The average molecular weight is 557 g/mol. The number of anilines is 1. The number of aryl methyl sites for hydroxylation is 1. The van der Waals surface area contributed by atoms with Crippen LogP contribution in [0.4, 0.5) is 5.69 Å². The molecule has 5 aromatic rings. The van der Waals surface area contributed by atoms with E-state index < -0.39 is 0 Å². The quantitative estimate of drug-likeness (QED) is 0.225. The number of rotatable bonds is 7. The Labute approximate surface area is 236 Å². The zero-order valence-electron chi connectivity index (χ0n) is 21.1. The molecule has 1 unspecified atom stereocenters. The number of hydrogen-bond acceptors (Lipinski definition) is 5. The summed E-state index contributed by atoms with van der Waals surface area (Å²) in [5, 5.41) is 3.29. The predicted octanol–water partition coefficient (Wildman–Crippen LogP) is 6.99. The molecule has 3 heterocycles. The number of fused-ring (bicyclic) bond motifs is 2. The number of para-hydroxylation sites is 2. The maximum Gasteiger partial charge on any atom is 0.258 e. The van der Waals surface area contributed by atoms with Crippen LogP contribution < -0.4 is 5.32 Å². The number of nitrogens with one attached hydrogen (secondary N) is 2. The first kappa shape index (κ1) is 25.5. The molecule has 39 heavy (non-hydrogen) atoms. The summed E-state index contributed by atoms with van der Waals surface area (Å²) in [4.78, 5) is 32.2. The molecule has 0 radical (unpaired) electrons. The fourth-order valence-corrected chi connectivity index (χ4v) is 5.78. The third-order valence-corrected chi connectivity index (χ3v) is 7.65. The van der Waals surface area contributed by atoms with E-state index in [-0.39, 0.29) is 27.6 Å². The highest BCUT2D eigenvalue weighted by atomic mass is 35.5. The topological polar surface area (TPSA) is 86.8 Å². The molecule has 2 N–H and O–H groups in total. The lowest BCUT2D eigenvalue weighted by molar-refractivity contribution is 0.102. The van der Waals surface area contributed by atoms with Crippen LogP contribution >= 0.6 is 23.2 Å². The Kier molecular flexibility index (Phi) is 7.28. The predicted molar refractivity (Wildman–Crippen MR) is 154 cm³/mol. The molecule has 1 atom stereocenters. The number of carbonyl (C=O) groups excluding carboxylic acids is 1. The highest BCUT2D eigenvalue weighted by molar-refractivity contribution is 6.40. The number of nitrogens with zero attached hydrogens (tertiary/aromatic N) is 4. The fourth-order valence-electron chi connectivity index (χ4n) is 5.24. The highest BCUT2D eigenvalue weighted by Crippen LogP contribution is 2.35. The summed E-state index contributed by atoms with van der Waals surface area (Å²) >= 11 is 12.3. The number of pyridine rings is 2. The maximum atomic E-state index is 12.8. The number of benzene rings is 2. The van der Waals surface area contributed by atoms with Crippen molar-refractivity contribution >= 4 is 45.8 Å². The summed E-state index contributed by atoms with van der Waals surface area (Å²) in [7, 11) is 0. The third-order valence-electron chi connectivity index (χ3n) is 7.08. The van der Waals surface area contributed by atoms with Crippen molar-refractivity contribution in [2.45, 2.75) is 38.4 Å². The SMILES string of the molecule is O=C(Nc1ccc(CN(Cc2nc3ccccc3[nH]2)C2CCCc3cccnc32)cc1)c1c(Cl)cncc1Cl. The summed E-state index contributed by atoms with van der Waals surface area (Å²) in [6.07, 6.45) is 7.89. The Balaban J connectivity index is 1.25. The fraction of sp³-hybridized carbons (Fsp3) is 0.200. The molecule has 1 aliphatic carbocycles. The number of H-pyrrole nitrogens is 1. The molecule has 1 aliphatic rings. The minimum atomic E-state index is -0.378. The van der Waals surface area contributed by atoms with E-state index in [0.29, 0.717) is 18.8 Å². The Morgan fingerprint density at radius 3 is 2.59 bits per heavy atom. The number of halogens is 2. The highest BCUT2D eigenvalue weighted by Gasteiger charge is 2.28. The number of hydrogen-bond donors (Lipinski definition) is 2. The minimum absolute atomic E-state index is 0.179. The lowest BCUT2D eigenvalue weighted by Crippen LogP contribution is -2.31. The third kappa shape index (κ3) is 5.52. The summed E-state index contributed by atoms with van der Waals surface area (Å²) in [5.74, 6) is 0.547. The molecule has 2 aromatic carbocycles. The summed E-state index contributed by atoms with van der Waals surface area (Å²) in [5.41, 5.74) is 6.43. The minimum Gasteiger partial charge on any atom is -0.341 e. The molecule has 196 valence electrons. The average Bonchev–Trinajstić information content (AvgIpc) is 3.36. The van der Waals surface area contributed by atoms with Crippen LogP contribution in [0.15, 0.2) is 79.3 Å². The Hall–Kier alpha value is -3.78. The lowest BCUT2D eigenvalue weighted by Gasteiger charge is -2.34. The summed E-state index contributed by atoms with van der Waals surface area (Å²) in [6.45, 7) is 1.36. The van der Waals surface area contributed by atoms with Crippen LogP contribution in [0.1, 0.15) is 51.9 Å². The van der Waals surface area contributed by atoms with Gasteiger partial charge in [-0.2, -0.15) is 0 Å². The number of aromatic amines is 1. The maximum absolute atomic E-state index is 12.8. The van der Waals surface area contributed by atoms with Gasteiger partial charge >= 0.3 is 0 Å². The van der Waals surface area contributed by atoms with Crippen molar-refractivity contribution in [3.05, 3.63) is 118 Å². The van der Waals surface area contributed by atoms with Gasteiger partial charge in [0.05, 0.1) is 44.9 Å². The van der Waals surface area contributed by atoms with Gasteiger partial charge in [0.25, 0.3) is 5.91 Å². The molecular weight excluding hydrogens is 531 g/mol. The van der Waals surface area contributed by atoms with Gasteiger partial charge in [-0.05, 0) is 60.7 Å². The first-order chi connectivity index (χ1) is 19.0. The molecule has 0 spiro atoms. The van der Waals surface area contributed by atoms with Crippen LogP contribution in [-0.2, 0) is 19.5 Å². The molecule has 3 aromatic heterocycles. The van der Waals surface area contributed by atoms with Gasteiger partial charge in [-0.15, -0.1) is 0 Å². The zero-order chi connectivity index (χ0) is 26.8. The van der Waals surface area contributed by atoms with Gasteiger partial charge in [-0.25, -0.2) is 4.98 Å². The van der Waals surface area contributed by atoms with Gasteiger partial charge in [0.1, 0.15) is 5.82 Å². The van der Waals surface area contributed by atoms with Gasteiger partial charge in [0, 0.05) is 30.8 Å². The molecule has 9 heteroatoms. The molecule has 0 aliphatic heterocycles. The van der Waals surface area contributed by atoms with Crippen LogP contribution in [0.2, 0.25) is 10.0 Å². The second-order valence-electron chi connectivity index (χ2n) is 9.69. The molecule has 0 saturated heterocycles. The summed E-state index contributed by atoms with van der Waals surface area (Å²) < 4.78 is 0. The van der Waals surface area contributed by atoms with Crippen LogP contribution in [-0.4, -0.2) is 30.7 Å². The number of carbonyl (C=O) groups is 1. The van der Waals surface area contributed by atoms with E-state index in [2.05, 4.69) is 26.3 Å². The van der Waals surface area contributed by atoms with E-state index in [1.165, 1.54) is 18.0 Å². The van der Waals surface area contributed by atoms with Crippen molar-refractivity contribution in [2.24, 2.45) is 0 Å². The van der Waals surface area contributed by atoms with Crippen molar-refractivity contribution in [3.63, 3.8) is 0 Å². The molecule has 0 saturated carbocycles.